The number of nitrogens with zero attached hydrogens (tertiary/aromatic N) is 2. The van der Waals surface area contributed by atoms with Crippen molar-refractivity contribution >= 4 is 11.6 Å². The molecule has 0 aromatic heterocycles. The van der Waals surface area contributed by atoms with Crippen LogP contribution in [0.2, 0.25) is 0 Å². The van der Waals surface area contributed by atoms with E-state index < -0.39 is 6.43 Å². The van der Waals surface area contributed by atoms with Gasteiger partial charge in [-0.25, -0.2) is 13.8 Å². The van der Waals surface area contributed by atoms with Gasteiger partial charge in [0.1, 0.15) is 11.5 Å². The molecule has 0 bridgehead atoms. The highest BCUT2D eigenvalue weighted by Gasteiger charge is 2.28. The van der Waals surface area contributed by atoms with Gasteiger partial charge in [-0.15, -0.1) is 0 Å². The molecule has 2 fully saturated rings. The molecule has 1 saturated carbocycles. The Balaban J connectivity index is 0.000000414. The molecule has 0 N–H and O–H groups in total. The second kappa shape index (κ2) is 13.3. The van der Waals surface area contributed by atoms with Gasteiger partial charge in [0, 0.05) is 26.3 Å². The molecule has 0 amide bonds. The molecule has 0 spiro atoms. The van der Waals surface area contributed by atoms with Crippen LogP contribution in [0.15, 0.2) is 46.6 Å². The minimum absolute atomic E-state index is 0.0278. The van der Waals surface area contributed by atoms with Crippen molar-refractivity contribution in [2.75, 3.05) is 7.05 Å². The van der Waals surface area contributed by atoms with E-state index in [0.29, 0.717) is 18.2 Å². The summed E-state index contributed by atoms with van der Waals surface area (Å²) >= 11 is 0. The van der Waals surface area contributed by atoms with E-state index in [1.165, 1.54) is 25.3 Å². The lowest BCUT2D eigenvalue weighted by Gasteiger charge is -2.22. The number of benzene rings is 1. The maximum Gasteiger partial charge on any atom is 0.238 e. The third-order valence-corrected chi connectivity index (χ3v) is 5.17. The molecule has 3 rings (SSSR count). The third-order valence-electron chi connectivity index (χ3n) is 5.17. The average molecular weight is 421 g/mol. The van der Waals surface area contributed by atoms with Gasteiger partial charge in [-0.05, 0) is 37.3 Å². The Kier molecular flexibility index (Phi) is 11.5. The lowest BCUT2D eigenvalue weighted by Crippen LogP contribution is -2.23. The summed E-state index contributed by atoms with van der Waals surface area (Å²) in [6, 6.07) is 10.8. The number of hydrogen-bond donors (Lipinski definition) is 0. The first-order valence-corrected chi connectivity index (χ1v) is 11.0. The number of hydrogen-bond acceptors (Lipinski definition) is 2. The Labute approximate surface area is 181 Å². The van der Waals surface area contributed by atoms with Crippen molar-refractivity contribution in [1.29, 1.82) is 0 Å². The van der Waals surface area contributed by atoms with Crippen molar-refractivity contribution in [1.82, 2.24) is 4.90 Å². The molecular weight excluding hydrogens is 382 g/mol. The van der Waals surface area contributed by atoms with E-state index in [9.17, 15) is 13.6 Å². The number of allylic oxidation sites excluding steroid dienone is 2. The minimum Gasteiger partial charge on any atom is -0.356 e. The second-order valence-electron chi connectivity index (χ2n) is 8.21. The van der Waals surface area contributed by atoms with Crippen LogP contribution in [0, 0.1) is 5.92 Å². The van der Waals surface area contributed by atoms with Crippen molar-refractivity contribution in [2.24, 2.45) is 10.9 Å². The Morgan fingerprint density at radius 1 is 1.13 bits per heavy atom. The Hall–Kier alpha value is -2.04. The molecule has 3 nitrogen and oxygen atoms in total. The van der Waals surface area contributed by atoms with E-state index in [-0.39, 0.29) is 12.2 Å². The van der Waals surface area contributed by atoms with E-state index in [1.54, 1.807) is 0 Å². The van der Waals surface area contributed by atoms with Crippen molar-refractivity contribution in [2.45, 2.75) is 85.6 Å². The fourth-order valence-corrected chi connectivity index (χ4v) is 2.93. The van der Waals surface area contributed by atoms with Gasteiger partial charge < -0.3 is 4.90 Å². The fraction of sp³-hybridized carbons (Fsp3) is 0.600. The van der Waals surface area contributed by atoms with Crippen molar-refractivity contribution in [3.63, 3.8) is 0 Å². The first kappa shape index (κ1) is 26.0. The molecule has 1 aliphatic carbocycles. The minimum atomic E-state index is -2.12. The topological polar surface area (TPSA) is 32.7 Å². The highest BCUT2D eigenvalue weighted by Crippen LogP contribution is 2.32. The van der Waals surface area contributed by atoms with Crippen molar-refractivity contribution in [3.05, 3.63) is 47.2 Å². The zero-order valence-corrected chi connectivity index (χ0v) is 19.4. The van der Waals surface area contributed by atoms with Gasteiger partial charge in [0.25, 0.3) is 0 Å². The maximum absolute atomic E-state index is 12.0. The van der Waals surface area contributed by atoms with Crippen LogP contribution < -0.4 is 0 Å². The average Bonchev–Trinajstić information content (AvgIpc) is 3.44. The molecule has 5 heteroatoms. The second-order valence-corrected chi connectivity index (χ2v) is 8.21. The summed E-state index contributed by atoms with van der Waals surface area (Å²) in [4.78, 5) is 18.9. The number of halogens is 2. The molecule has 30 heavy (non-hydrogen) atoms. The van der Waals surface area contributed by atoms with E-state index in [1.807, 2.05) is 26.8 Å². The van der Waals surface area contributed by atoms with Gasteiger partial charge in [-0.1, -0.05) is 63.9 Å². The van der Waals surface area contributed by atoms with Gasteiger partial charge in [-0.3, -0.25) is 4.79 Å². The molecule has 1 aromatic carbocycles. The summed E-state index contributed by atoms with van der Waals surface area (Å²) in [7, 11) is 2.07. The number of Topliss-reactive ketones (excluding diaryl/α,β-unsaturated/α-hetero) is 1. The molecule has 1 atom stereocenters. The Bertz CT molecular complexity index is 705. The molecular formula is C25H38F2N2O. The predicted molar refractivity (Wildman–Crippen MR) is 122 cm³/mol. The van der Waals surface area contributed by atoms with Crippen molar-refractivity contribution < 1.29 is 13.6 Å². The molecule has 1 saturated heterocycles. The summed E-state index contributed by atoms with van der Waals surface area (Å²) in [6.45, 7) is 9.52. The molecule has 0 radical (unpaired) electrons. The van der Waals surface area contributed by atoms with Crippen LogP contribution in [0.4, 0.5) is 8.78 Å². The summed E-state index contributed by atoms with van der Waals surface area (Å²) < 4.78 is 21.5. The summed E-state index contributed by atoms with van der Waals surface area (Å²) in [5.74, 6) is 2.22. The first-order chi connectivity index (χ1) is 14.2. The third kappa shape index (κ3) is 9.19. The quantitative estimate of drug-likeness (QED) is 0.472. The number of aliphatic imine (C=N–C) groups is 1. The summed E-state index contributed by atoms with van der Waals surface area (Å²) in [6.07, 6.45) is 3.30. The summed E-state index contributed by atoms with van der Waals surface area (Å²) in [5.41, 5.74) is 2.93. The van der Waals surface area contributed by atoms with Gasteiger partial charge >= 0.3 is 0 Å². The van der Waals surface area contributed by atoms with E-state index in [4.69, 9.17) is 0 Å². The predicted octanol–water partition coefficient (Wildman–Crippen LogP) is 7.20. The molecule has 1 aromatic rings. The van der Waals surface area contributed by atoms with Gasteiger partial charge in [-0.2, -0.15) is 0 Å². The Morgan fingerprint density at radius 3 is 2.07 bits per heavy atom. The van der Waals surface area contributed by atoms with E-state index in [2.05, 4.69) is 48.1 Å². The lowest BCUT2D eigenvalue weighted by molar-refractivity contribution is -0.115. The van der Waals surface area contributed by atoms with Crippen LogP contribution in [0.25, 0.3) is 0 Å². The van der Waals surface area contributed by atoms with Crippen LogP contribution in [-0.2, 0) is 4.79 Å². The van der Waals surface area contributed by atoms with E-state index >= 15 is 0 Å². The molecule has 1 unspecified atom stereocenters. The van der Waals surface area contributed by atoms with Crippen LogP contribution in [0.1, 0.15) is 84.7 Å². The number of likely N-dealkylation sites (tertiary alicyclic amines) is 1. The largest absolute Gasteiger partial charge is 0.356 e. The van der Waals surface area contributed by atoms with Crippen LogP contribution in [0.5, 0.6) is 0 Å². The smallest absolute Gasteiger partial charge is 0.238 e. The van der Waals surface area contributed by atoms with Gasteiger partial charge in [0.05, 0.1) is 6.04 Å². The normalized spacial score (nSPS) is 19.0. The monoisotopic (exact) mass is 420 g/mol. The lowest BCUT2D eigenvalue weighted by atomic mass is 10.1. The number of carbonyl (C=O) groups is 1. The SMILES string of the molecule is CC1CC1.CCC(=O)C(N=C1CCC(c2ccccc2)N1C)=C(C)C.CCC(F)F. The van der Waals surface area contributed by atoms with Crippen molar-refractivity contribution in [3.8, 4) is 0 Å². The molecule has 168 valence electrons. The number of ketones is 1. The van der Waals surface area contributed by atoms with Crippen LogP contribution >= 0.6 is 0 Å². The highest BCUT2D eigenvalue weighted by molar-refractivity contribution is 5.99. The highest BCUT2D eigenvalue weighted by atomic mass is 19.3. The summed E-state index contributed by atoms with van der Waals surface area (Å²) in [5, 5.41) is 0. The van der Waals surface area contributed by atoms with E-state index in [0.717, 1.165) is 30.2 Å². The van der Waals surface area contributed by atoms with Gasteiger partial charge in [0.15, 0.2) is 5.78 Å². The first-order valence-electron chi connectivity index (χ1n) is 11.0. The van der Waals surface area contributed by atoms with Crippen LogP contribution in [-0.4, -0.2) is 30.0 Å². The fourth-order valence-electron chi connectivity index (χ4n) is 2.93. The standard InChI is InChI=1S/C18H24N2O.C4H8.C3H6F2/c1-5-16(21)18(13(2)3)19-17-12-11-15(20(17)4)14-9-7-6-8-10-14;1-4-2-3-4;1-2-3(4)5/h6-10,15H,5,11-12H2,1-4H3;4H,2-3H2,1H3;3H,2H2,1H3. The molecule has 1 aliphatic heterocycles. The maximum atomic E-state index is 12.0. The van der Waals surface area contributed by atoms with Crippen LogP contribution in [0.3, 0.4) is 0 Å². The zero-order chi connectivity index (χ0) is 22.7. The molecule has 2 aliphatic rings. The zero-order valence-electron chi connectivity index (χ0n) is 19.4. The number of rotatable bonds is 5. The number of alkyl halides is 2. The van der Waals surface area contributed by atoms with Gasteiger partial charge in [0.2, 0.25) is 6.43 Å². The number of carbonyl (C=O) groups excluding carboxylic acids is 1. The Morgan fingerprint density at radius 2 is 1.67 bits per heavy atom. The molecule has 1 heterocycles. The number of amidine groups is 1.